The van der Waals surface area contributed by atoms with Gasteiger partial charge in [-0.1, -0.05) is 19.9 Å². The number of benzene rings is 1. The second-order valence-corrected chi connectivity index (χ2v) is 7.59. The van der Waals surface area contributed by atoms with E-state index in [0.717, 1.165) is 34.2 Å². The monoisotopic (exact) mass is 354 g/mol. The number of aryl methyl sites for hydroxylation is 2. The molecule has 0 bridgehead atoms. The molecule has 0 saturated carbocycles. The van der Waals surface area contributed by atoms with Crippen LogP contribution in [0.3, 0.4) is 0 Å². The van der Waals surface area contributed by atoms with Gasteiger partial charge in [-0.2, -0.15) is 5.10 Å². The lowest BCUT2D eigenvalue weighted by molar-refractivity contribution is 0.103. The Bertz CT molecular complexity index is 894. The van der Waals surface area contributed by atoms with E-state index in [1.165, 1.54) is 11.3 Å². The third kappa shape index (κ3) is 3.96. The maximum Gasteiger partial charge on any atom is 0.267 e. The largest absolute Gasteiger partial charge is 0.321 e. The molecule has 25 heavy (non-hydrogen) atoms. The minimum absolute atomic E-state index is 0.112. The van der Waals surface area contributed by atoms with Gasteiger partial charge < -0.3 is 5.32 Å². The minimum atomic E-state index is -0.112. The Morgan fingerprint density at radius 1 is 1.28 bits per heavy atom. The Hall–Kier alpha value is -2.47. The number of hydrogen-bond donors (Lipinski definition) is 1. The number of aromatic nitrogens is 3. The highest BCUT2D eigenvalue weighted by atomic mass is 32.1. The van der Waals surface area contributed by atoms with Gasteiger partial charge in [-0.25, -0.2) is 9.67 Å². The number of carbonyl (C=O) groups excluding carboxylic acids is 1. The molecular weight excluding hydrogens is 332 g/mol. The van der Waals surface area contributed by atoms with Crippen LogP contribution in [0.15, 0.2) is 36.5 Å². The first-order valence-electron chi connectivity index (χ1n) is 8.32. The number of thiazole rings is 1. The first-order chi connectivity index (χ1) is 11.9. The minimum Gasteiger partial charge on any atom is -0.321 e. The lowest BCUT2D eigenvalue weighted by Crippen LogP contribution is -2.12. The lowest BCUT2D eigenvalue weighted by atomic mass is 10.1. The first-order valence-corrected chi connectivity index (χ1v) is 9.14. The molecule has 130 valence electrons. The van der Waals surface area contributed by atoms with Crippen molar-refractivity contribution in [2.45, 2.75) is 34.1 Å². The van der Waals surface area contributed by atoms with E-state index < -0.39 is 0 Å². The molecule has 0 aliphatic rings. The first kappa shape index (κ1) is 17.4. The molecule has 0 aliphatic carbocycles. The fourth-order valence-corrected chi connectivity index (χ4v) is 3.81. The van der Waals surface area contributed by atoms with Gasteiger partial charge >= 0.3 is 0 Å². The summed E-state index contributed by atoms with van der Waals surface area (Å²) in [6.07, 6.45) is 2.66. The van der Waals surface area contributed by atoms with Crippen molar-refractivity contribution in [3.8, 4) is 5.69 Å². The van der Waals surface area contributed by atoms with Gasteiger partial charge in [-0.3, -0.25) is 4.79 Å². The predicted octanol–water partition coefficient (Wildman–Crippen LogP) is 4.40. The van der Waals surface area contributed by atoms with Crippen molar-refractivity contribution >= 4 is 22.9 Å². The van der Waals surface area contributed by atoms with Crippen LogP contribution in [-0.4, -0.2) is 20.7 Å². The summed E-state index contributed by atoms with van der Waals surface area (Å²) in [5.41, 5.74) is 3.50. The fourth-order valence-electron chi connectivity index (χ4n) is 2.64. The fraction of sp³-hybridized carbons (Fsp3) is 0.316. The summed E-state index contributed by atoms with van der Waals surface area (Å²) in [5, 5.41) is 8.30. The third-order valence-corrected chi connectivity index (χ3v) is 4.99. The molecule has 0 unspecified atom stereocenters. The molecule has 0 radical (unpaired) electrons. The standard InChI is InChI=1S/C19H22N4OS/c1-12(2)10-17-21-14(4)18(25-17)19(24)22-15-6-5-7-16(11-15)23-13(3)8-9-20-23/h5-9,11-12H,10H2,1-4H3,(H,22,24). The molecule has 0 spiro atoms. The predicted molar refractivity (Wildman–Crippen MR) is 102 cm³/mol. The molecule has 3 aromatic rings. The molecule has 0 atom stereocenters. The van der Waals surface area contributed by atoms with E-state index in [2.05, 4.69) is 29.2 Å². The zero-order chi connectivity index (χ0) is 18.0. The van der Waals surface area contributed by atoms with Crippen LogP contribution in [0.4, 0.5) is 5.69 Å². The van der Waals surface area contributed by atoms with Crippen LogP contribution in [0.2, 0.25) is 0 Å². The second-order valence-electron chi connectivity index (χ2n) is 6.51. The molecular formula is C19H22N4OS. The third-order valence-electron chi connectivity index (χ3n) is 3.81. The van der Waals surface area contributed by atoms with Gasteiger partial charge in [0.25, 0.3) is 5.91 Å². The van der Waals surface area contributed by atoms with Crippen molar-refractivity contribution in [3.05, 3.63) is 57.8 Å². The Labute approximate surface area is 151 Å². The molecule has 6 heteroatoms. The van der Waals surface area contributed by atoms with E-state index in [0.29, 0.717) is 10.8 Å². The number of nitrogens with one attached hydrogen (secondary N) is 1. The van der Waals surface area contributed by atoms with E-state index >= 15 is 0 Å². The summed E-state index contributed by atoms with van der Waals surface area (Å²) in [5.74, 6) is 0.412. The van der Waals surface area contributed by atoms with Crippen molar-refractivity contribution in [2.24, 2.45) is 5.92 Å². The molecule has 3 rings (SSSR count). The van der Waals surface area contributed by atoms with Gasteiger partial charge in [-0.15, -0.1) is 11.3 Å². The number of rotatable bonds is 5. The number of carbonyl (C=O) groups is 1. The van der Waals surface area contributed by atoms with Gasteiger partial charge in [0.1, 0.15) is 4.88 Å². The van der Waals surface area contributed by atoms with Crippen molar-refractivity contribution in [3.63, 3.8) is 0 Å². The van der Waals surface area contributed by atoms with E-state index in [1.54, 1.807) is 6.20 Å². The summed E-state index contributed by atoms with van der Waals surface area (Å²) in [6, 6.07) is 9.63. The Kier molecular flexibility index (Phi) is 4.99. The van der Waals surface area contributed by atoms with E-state index in [9.17, 15) is 4.79 Å². The quantitative estimate of drug-likeness (QED) is 0.739. The van der Waals surface area contributed by atoms with E-state index in [-0.39, 0.29) is 5.91 Å². The highest BCUT2D eigenvalue weighted by Crippen LogP contribution is 2.23. The maximum atomic E-state index is 12.6. The van der Waals surface area contributed by atoms with Crippen LogP contribution < -0.4 is 5.32 Å². The van der Waals surface area contributed by atoms with Crippen molar-refractivity contribution < 1.29 is 4.79 Å². The summed E-state index contributed by atoms with van der Waals surface area (Å²) in [4.78, 5) is 17.8. The molecule has 2 heterocycles. The SMILES string of the molecule is Cc1nc(CC(C)C)sc1C(=O)Nc1cccc(-n2nccc2C)c1. The number of hydrogen-bond acceptors (Lipinski definition) is 4. The highest BCUT2D eigenvalue weighted by Gasteiger charge is 2.16. The summed E-state index contributed by atoms with van der Waals surface area (Å²) >= 11 is 1.48. The molecule has 1 N–H and O–H groups in total. The van der Waals surface area contributed by atoms with Crippen LogP contribution in [0.25, 0.3) is 5.69 Å². The summed E-state index contributed by atoms with van der Waals surface area (Å²) < 4.78 is 1.84. The number of amides is 1. The van der Waals surface area contributed by atoms with E-state index in [1.807, 2.05) is 48.9 Å². The Balaban J connectivity index is 1.80. The zero-order valence-electron chi connectivity index (χ0n) is 14.9. The molecule has 1 aromatic carbocycles. The molecule has 0 fully saturated rings. The highest BCUT2D eigenvalue weighted by molar-refractivity contribution is 7.13. The van der Waals surface area contributed by atoms with Crippen LogP contribution in [-0.2, 0) is 6.42 Å². The van der Waals surface area contributed by atoms with Crippen molar-refractivity contribution in [1.29, 1.82) is 0 Å². The van der Waals surface area contributed by atoms with Crippen LogP contribution in [0.1, 0.15) is 39.9 Å². The lowest BCUT2D eigenvalue weighted by Gasteiger charge is -2.08. The second kappa shape index (κ2) is 7.19. The average molecular weight is 354 g/mol. The maximum absolute atomic E-state index is 12.6. The zero-order valence-corrected chi connectivity index (χ0v) is 15.7. The molecule has 2 aromatic heterocycles. The molecule has 0 saturated heterocycles. The Morgan fingerprint density at radius 2 is 2.08 bits per heavy atom. The van der Waals surface area contributed by atoms with Crippen molar-refractivity contribution in [2.75, 3.05) is 5.32 Å². The Morgan fingerprint density at radius 3 is 2.76 bits per heavy atom. The van der Waals surface area contributed by atoms with Crippen LogP contribution in [0, 0.1) is 19.8 Å². The number of nitrogens with zero attached hydrogens (tertiary/aromatic N) is 3. The van der Waals surface area contributed by atoms with Crippen molar-refractivity contribution in [1.82, 2.24) is 14.8 Å². The molecule has 0 aliphatic heterocycles. The summed E-state index contributed by atoms with van der Waals surface area (Å²) in [7, 11) is 0. The van der Waals surface area contributed by atoms with Crippen LogP contribution in [0.5, 0.6) is 0 Å². The van der Waals surface area contributed by atoms with Gasteiger partial charge in [0.2, 0.25) is 0 Å². The van der Waals surface area contributed by atoms with Crippen LogP contribution >= 0.6 is 11.3 Å². The molecule has 1 amide bonds. The normalized spacial score (nSPS) is 11.1. The van der Waals surface area contributed by atoms with Gasteiger partial charge in [0.15, 0.2) is 0 Å². The topological polar surface area (TPSA) is 59.8 Å². The van der Waals surface area contributed by atoms with Gasteiger partial charge in [-0.05, 0) is 44.0 Å². The summed E-state index contributed by atoms with van der Waals surface area (Å²) in [6.45, 7) is 8.19. The van der Waals surface area contributed by atoms with Gasteiger partial charge in [0, 0.05) is 24.0 Å². The average Bonchev–Trinajstić information content (AvgIpc) is 3.12. The van der Waals surface area contributed by atoms with E-state index in [4.69, 9.17) is 0 Å². The smallest absolute Gasteiger partial charge is 0.267 e. The van der Waals surface area contributed by atoms with Gasteiger partial charge in [0.05, 0.1) is 16.4 Å². The number of anilines is 1. The molecule has 5 nitrogen and oxygen atoms in total.